The number of para-hydroxylation sites is 2. The van der Waals surface area contributed by atoms with E-state index in [1.165, 1.54) is 0 Å². The number of carbonyl (C=O) groups is 2. The number of rotatable bonds is 3. The number of hydrogen-bond donors (Lipinski definition) is 0. The van der Waals surface area contributed by atoms with Gasteiger partial charge in [-0.15, -0.1) is 0 Å². The Hall–Kier alpha value is -2.62. The summed E-state index contributed by atoms with van der Waals surface area (Å²) in [5.41, 5.74) is 0.875. The number of benzene rings is 2. The number of esters is 2. The van der Waals surface area contributed by atoms with Gasteiger partial charge in [0.25, 0.3) is 0 Å². The summed E-state index contributed by atoms with van der Waals surface area (Å²) in [5, 5.41) is 0. The largest absolute Gasteiger partial charge is 0.426 e. The van der Waals surface area contributed by atoms with Gasteiger partial charge in [-0.1, -0.05) is 43.3 Å². The van der Waals surface area contributed by atoms with Gasteiger partial charge in [0.1, 0.15) is 11.5 Å². The summed E-state index contributed by atoms with van der Waals surface area (Å²) in [5.74, 6) is -0.291. The molecule has 0 N–H and O–H groups in total. The Bertz CT molecular complexity index is 693. The van der Waals surface area contributed by atoms with Crippen molar-refractivity contribution in [3.05, 3.63) is 60.2 Å². The van der Waals surface area contributed by atoms with Gasteiger partial charge in [0.2, 0.25) is 0 Å². The van der Waals surface area contributed by atoms with Gasteiger partial charge in [-0.3, -0.25) is 9.59 Å². The monoisotopic (exact) mass is 296 g/mol. The molecule has 0 saturated heterocycles. The highest BCUT2D eigenvalue weighted by Gasteiger charge is 2.35. The predicted octanol–water partition coefficient (Wildman–Crippen LogP) is 3.32. The van der Waals surface area contributed by atoms with Crippen LogP contribution in [0.4, 0.5) is 0 Å². The van der Waals surface area contributed by atoms with E-state index >= 15 is 0 Å². The molecular weight excluding hydrogens is 280 g/mol. The first kappa shape index (κ1) is 14.3. The Labute approximate surface area is 128 Å². The second-order valence-corrected chi connectivity index (χ2v) is 5.35. The van der Waals surface area contributed by atoms with E-state index in [1.54, 1.807) is 43.3 Å². The van der Waals surface area contributed by atoms with Gasteiger partial charge in [0.15, 0.2) is 0 Å². The third kappa shape index (κ3) is 2.86. The molecule has 2 aromatic carbocycles. The van der Waals surface area contributed by atoms with Crippen molar-refractivity contribution in [2.75, 3.05) is 0 Å². The number of carbonyl (C=O) groups excluding carboxylic acids is 2. The van der Waals surface area contributed by atoms with Crippen molar-refractivity contribution < 1.29 is 19.1 Å². The quantitative estimate of drug-likeness (QED) is 0.644. The van der Waals surface area contributed by atoms with E-state index in [1.807, 2.05) is 18.2 Å². The lowest BCUT2D eigenvalue weighted by Gasteiger charge is -2.27. The lowest BCUT2D eigenvalue weighted by Crippen LogP contribution is -2.30. The Morgan fingerprint density at radius 1 is 1.14 bits per heavy atom. The first-order valence-electron chi connectivity index (χ1n) is 7.21. The molecule has 4 nitrogen and oxygen atoms in total. The fourth-order valence-electron chi connectivity index (χ4n) is 2.64. The maximum Gasteiger partial charge on any atom is 0.314 e. The third-order valence-electron chi connectivity index (χ3n) is 3.87. The molecule has 112 valence electrons. The Morgan fingerprint density at radius 3 is 2.59 bits per heavy atom. The van der Waals surface area contributed by atoms with Gasteiger partial charge < -0.3 is 9.47 Å². The molecule has 2 aromatic rings. The van der Waals surface area contributed by atoms with Crippen molar-refractivity contribution in [1.29, 1.82) is 0 Å². The molecule has 0 aliphatic carbocycles. The van der Waals surface area contributed by atoms with Crippen LogP contribution in [0.25, 0.3) is 0 Å². The smallest absolute Gasteiger partial charge is 0.314 e. The van der Waals surface area contributed by atoms with Gasteiger partial charge in [-0.2, -0.15) is 0 Å². The normalized spacial score (nSPS) is 18.0. The van der Waals surface area contributed by atoms with Gasteiger partial charge >= 0.3 is 11.9 Å². The van der Waals surface area contributed by atoms with E-state index in [0.29, 0.717) is 11.5 Å². The molecule has 2 atom stereocenters. The summed E-state index contributed by atoms with van der Waals surface area (Å²) in [7, 11) is 0. The maximum absolute atomic E-state index is 12.4. The highest BCUT2D eigenvalue weighted by atomic mass is 16.5. The molecule has 0 amide bonds. The molecule has 3 rings (SSSR count). The fraction of sp³-hybridized carbons (Fsp3) is 0.222. The van der Waals surface area contributed by atoms with Crippen LogP contribution in [0, 0.1) is 5.92 Å². The molecule has 1 aliphatic heterocycles. The van der Waals surface area contributed by atoms with Gasteiger partial charge in [0, 0.05) is 5.92 Å². The lowest BCUT2D eigenvalue weighted by molar-refractivity contribution is -0.141. The average Bonchev–Trinajstić information content (AvgIpc) is 2.54. The highest BCUT2D eigenvalue weighted by molar-refractivity contribution is 5.81. The van der Waals surface area contributed by atoms with Crippen molar-refractivity contribution in [2.24, 2.45) is 5.92 Å². The predicted molar refractivity (Wildman–Crippen MR) is 80.7 cm³/mol. The van der Waals surface area contributed by atoms with E-state index in [2.05, 4.69) is 0 Å². The summed E-state index contributed by atoms with van der Waals surface area (Å²) in [6, 6.07) is 16.2. The second-order valence-electron chi connectivity index (χ2n) is 5.35. The molecule has 1 heterocycles. The zero-order valence-corrected chi connectivity index (χ0v) is 12.2. The van der Waals surface area contributed by atoms with Crippen LogP contribution in [0.3, 0.4) is 0 Å². The van der Waals surface area contributed by atoms with Crippen LogP contribution in [0.15, 0.2) is 54.6 Å². The first-order chi connectivity index (χ1) is 10.6. The molecule has 0 aromatic heterocycles. The Balaban J connectivity index is 1.81. The van der Waals surface area contributed by atoms with Crippen LogP contribution in [0.5, 0.6) is 11.5 Å². The molecule has 1 aliphatic rings. The van der Waals surface area contributed by atoms with Crippen LogP contribution >= 0.6 is 0 Å². The van der Waals surface area contributed by atoms with Gasteiger partial charge in [-0.25, -0.2) is 0 Å². The van der Waals surface area contributed by atoms with Crippen LogP contribution in [-0.4, -0.2) is 11.9 Å². The van der Waals surface area contributed by atoms with Gasteiger partial charge in [0.05, 0.1) is 12.3 Å². The summed E-state index contributed by atoms with van der Waals surface area (Å²) >= 11 is 0. The highest BCUT2D eigenvalue weighted by Crippen LogP contribution is 2.39. The zero-order valence-electron chi connectivity index (χ0n) is 12.2. The molecule has 0 bridgehead atoms. The summed E-state index contributed by atoms with van der Waals surface area (Å²) in [6.07, 6.45) is 0.183. The van der Waals surface area contributed by atoms with Crippen LogP contribution in [0.1, 0.15) is 24.8 Å². The summed E-state index contributed by atoms with van der Waals surface area (Å²) < 4.78 is 10.6. The van der Waals surface area contributed by atoms with Crippen LogP contribution < -0.4 is 9.47 Å². The fourth-order valence-corrected chi connectivity index (χ4v) is 2.64. The minimum absolute atomic E-state index is 0.183. The SMILES string of the molecule is CC(C(=O)Oc1ccccc1)C1CC(=O)Oc2ccccc21. The van der Waals surface area contributed by atoms with Crippen molar-refractivity contribution in [3.63, 3.8) is 0 Å². The van der Waals surface area contributed by atoms with E-state index in [-0.39, 0.29) is 24.3 Å². The van der Waals surface area contributed by atoms with Crippen LogP contribution in [0.2, 0.25) is 0 Å². The van der Waals surface area contributed by atoms with Crippen LogP contribution in [-0.2, 0) is 9.59 Å². The molecule has 22 heavy (non-hydrogen) atoms. The van der Waals surface area contributed by atoms with Crippen molar-refractivity contribution in [3.8, 4) is 11.5 Å². The average molecular weight is 296 g/mol. The zero-order chi connectivity index (χ0) is 15.5. The number of fused-ring (bicyclic) bond motifs is 1. The minimum atomic E-state index is -0.436. The third-order valence-corrected chi connectivity index (χ3v) is 3.87. The summed E-state index contributed by atoms with van der Waals surface area (Å²) in [6.45, 7) is 1.78. The van der Waals surface area contributed by atoms with Crippen molar-refractivity contribution in [2.45, 2.75) is 19.3 Å². The molecular formula is C18H16O4. The van der Waals surface area contributed by atoms with Crippen molar-refractivity contribution >= 4 is 11.9 Å². The standard InChI is InChI=1S/C18H16O4/c1-12(18(20)21-13-7-3-2-4-8-13)15-11-17(19)22-16-10-6-5-9-14(15)16/h2-10,12,15H,11H2,1H3. The lowest BCUT2D eigenvalue weighted by atomic mass is 9.83. The minimum Gasteiger partial charge on any atom is -0.426 e. The van der Waals surface area contributed by atoms with Crippen molar-refractivity contribution in [1.82, 2.24) is 0 Å². The molecule has 0 spiro atoms. The summed E-state index contributed by atoms with van der Waals surface area (Å²) in [4.78, 5) is 24.1. The Morgan fingerprint density at radius 2 is 1.82 bits per heavy atom. The number of hydrogen-bond acceptors (Lipinski definition) is 4. The molecule has 0 radical (unpaired) electrons. The van der Waals surface area contributed by atoms with Gasteiger partial charge in [-0.05, 0) is 23.8 Å². The molecule has 0 saturated carbocycles. The molecule has 2 unspecified atom stereocenters. The van der Waals surface area contributed by atoms with E-state index < -0.39 is 5.92 Å². The topological polar surface area (TPSA) is 52.6 Å². The van der Waals surface area contributed by atoms with E-state index in [0.717, 1.165) is 5.56 Å². The Kier molecular flexibility index (Phi) is 3.92. The molecule has 4 heteroatoms. The van der Waals surface area contributed by atoms with E-state index in [4.69, 9.17) is 9.47 Å². The van der Waals surface area contributed by atoms with E-state index in [9.17, 15) is 9.59 Å². The first-order valence-corrected chi connectivity index (χ1v) is 7.21. The maximum atomic E-state index is 12.4. The second kappa shape index (κ2) is 6.02. The molecule has 0 fully saturated rings. The number of ether oxygens (including phenoxy) is 2.